The molecule has 1 aromatic rings. The summed E-state index contributed by atoms with van der Waals surface area (Å²) in [5.41, 5.74) is 1.35. The lowest BCUT2D eigenvalue weighted by atomic mass is 10.0. The number of hydrogen-bond donors (Lipinski definition) is 1. The van der Waals surface area contributed by atoms with Gasteiger partial charge < -0.3 is 5.11 Å². The highest BCUT2D eigenvalue weighted by Crippen LogP contribution is 2.22. The molecule has 0 spiro atoms. The van der Waals surface area contributed by atoms with Crippen molar-refractivity contribution >= 4 is 11.6 Å². The van der Waals surface area contributed by atoms with Crippen LogP contribution in [-0.2, 0) is 0 Å². The molecule has 1 heterocycles. The molecule has 1 rings (SSSR count). The molecule has 0 radical (unpaired) electrons. The first-order valence-corrected chi connectivity index (χ1v) is 4.81. The van der Waals surface area contributed by atoms with Crippen molar-refractivity contribution in [3.63, 3.8) is 0 Å². The van der Waals surface area contributed by atoms with Crippen LogP contribution in [0.4, 0.5) is 0 Å². The predicted molar refractivity (Wildman–Crippen MR) is 62.7 cm³/mol. The van der Waals surface area contributed by atoms with Crippen LogP contribution >= 0.6 is 11.6 Å². The molecule has 78 valence electrons. The summed E-state index contributed by atoms with van der Waals surface area (Å²) in [6.45, 7) is 7.19. The molecule has 2 nitrogen and oxygen atoms in total. The van der Waals surface area contributed by atoms with E-state index < -0.39 is 6.10 Å². The van der Waals surface area contributed by atoms with Crippen LogP contribution in [0.25, 0.3) is 0 Å². The van der Waals surface area contributed by atoms with Gasteiger partial charge in [-0.1, -0.05) is 49.1 Å². The molecule has 1 unspecified atom stereocenters. The Hall–Kier alpha value is -1.38. The van der Waals surface area contributed by atoms with Gasteiger partial charge in [-0.3, -0.25) is 0 Å². The predicted octanol–water partition coefficient (Wildman–Crippen LogP) is 3.07. The van der Waals surface area contributed by atoms with Crippen molar-refractivity contribution in [3.8, 4) is 0 Å². The number of aliphatic hydroxyl groups excluding tert-OH is 1. The van der Waals surface area contributed by atoms with Gasteiger partial charge >= 0.3 is 0 Å². The van der Waals surface area contributed by atoms with Gasteiger partial charge in [0.05, 0.1) is 0 Å². The Labute approximate surface area is 94.2 Å². The summed E-state index contributed by atoms with van der Waals surface area (Å²) in [6, 6.07) is 3.36. The number of nitrogens with zero attached hydrogens (tertiary/aromatic N) is 1. The van der Waals surface area contributed by atoms with E-state index in [1.807, 2.05) is 0 Å². The summed E-state index contributed by atoms with van der Waals surface area (Å²) in [6.07, 6.45) is 5.68. The molecule has 1 aromatic heterocycles. The Morgan fingerprint density at radius 1 is 1.47 bits per heavy atom. The minimum absolute atomic E-state index is 0.402. The van der Waals surface area contributed by atoms with Crippen molar-refractivity contribution in [2.24, 2.45) is 0 Å². The number of allylic oxidation sites excluding steroid dienone is 2. The van der Waals surface area contributed by atoms with Gasteiger partial charge in [-0.15, -0.1) is 0 Å². The van der Waals surface area contributed by atoms with Crippen LogP contribution in [0, 0.1) is 0 Å². The van der Waals surface area contributed by atoms with Gasteiger partial charge in [-0.25, -0.2) is 4.98 Å². The lowest BCUT2D eigenvalue weighted by molar-refractivity contribution is 0.219. The maximum atomic E-state index is 9.93. The van der Waals surface area contributed by atoms with Crippen molar-refractivity contribution in [2.75, 3.05) is 0 Å². The van der Waals surface area contributed by atoms with E-state index in [9.17, 15) is 5.11 Å². The molecule has 0 bridgehead atoms. The van der Waals surface area contributed by atoms with Gasteiger partial charge in [0.25, 0.3) is 0 Å². The lowest BCUT2D eigenvalue weighted by Crippen LogP contribution is -2.00. The summed E-state index contributed by atoms with van der Waals surface area (Å²) >= 11 is 5.65. The van der Waals surface area contributed by atoms with Crippen LogP contribution < -0.4 is 0 Å². The molecule has 0 saturated carbocycles. The van der Waals surface area contributed by atoms with Gasteiger partial charge in [0.2, 0.25) is 0 Å². The van der Waals surface area contributed by atoms with E-state index in [0.717, 1.165) is 0 Å². The van der Waals surface area contributed by atoms with Crippen LogP contribution in [0.15, 0.2) is 55.3 Å². The second kappa shape index (κ2) is 5.49. The van der Waals surface area contributed by atoms with Crippen molar-refractivity contribution in [2.45, 2.75) is 6.10 Å². The minimum Gasteiger partial charge on any atom is -0.384 e. The quantitative estimate of drug-likeness (QED) is 0.626. The summed E-state index contributed by atoms with van der Waals surface area (Å²) in [7, 11) is 0. The van der Waals surface area contributed by atoms with Crippen LogP contribution in [0.2, 0.25) is 5.15 Å². The van der Waals surface area contributed by atoms with E-state index in [1.165, 1.54) is 6.20 Å². The van der Waals surface area contributed by atoms with Crippen molar-refractivity contribution < 1.29 is 5.11 Å². The molecule has 15 heavy (non-hydrogen) atoms. The van der Waals surface area contributed by atoms with Crippen molar-refractivity contribution in [1.82, 2.24) is 4.98 Å². The first-order chi connectivity index (χ1) is 7.19. The number of halogens is 1. The number of aromatic nitrogens is 1. The van der Waals surface area contributed by atoms with Gasteiger partial charge in [-0.2, -0.15) is 0 Å². The maximum Gasteiger partial charge on any atom is 0.129 e. The fourth-order valence-corrected chi connectivity index (χ4v) is 1.26. The Morgan fingerprint density at radius 3 is 2.67 bits per heavy atom. The Bertz CT molecular complexity index is 381. The smallest absolute Gasteiger partial charge is 0.129 e. The van der Waals surface area contributed by atoms with Gasteiger partial charge in [0, 0.05) is 11.8 Å². The standard InChI is InChI=1S/C12H12ClNO/c1-3-5-9(4-2)12(15)10-6-7-11(13)14-8-10/h3-8,12,15H,1-2H2/b9-5+. The largest absolute Gasteiger partial charge is 0.384 e. The molecule has 0 aliphatic rings. The first-order valence-electron chi connectivity index (χ1n) is 4.43. The van der Waals surface area contributed by atoms with Crippen LogP contribution in [0.1, 0.15) is 11.7 Å². The molecule has 0 fully saturated rings. The summed E-state index contributed by atoms with van der Waals surface area (Å²) in [5.74, 6) is 0. The number of pyridine rings is 1. The summed E-state index contributed by atoms with van der Waals surface area (Å²) in [4.78, 5) is 3.90. The van der Waals surface area contributed by atoms with Crippen molar-refractivity contribution in [3.05, 3.63) is 66.0 Å². The topological polar surface area (TPSA) is 33.1 Å². The molecule has 0 aliphatic carbocycles. The number of rotatable bonds is 4. The second-order valence-corrected chi connectivity index (χ2v) is 3.31. The number of aliphatic hydroxyl groups is 1. The Kier molecular flexibility index (Phi) is 4.28. The molecular weight excluding hydrogens is 210 g/mol. The maximum absolute atomic E-state index is 9.93. The monoisotopic (exact) mass is 221 g/mol. The molecule has 0 saturated heterocycles. The van der Waals surface area contributed by atoms with Gasteiger partial charge in [-0.05, 0) is 11.6 Å². The van der Waals surface area contributed by atoms with Gasteiger partial charge in [0.1, 0.15) is 11.3 Å². The van der Waals surface area contributed by atoms with E-state index in [4.69, 9.17) is 11.6 Å². The zero-order valence-corrected chi connectivity index (χ0v) is 8.98. The van der Waals surface area contributed by atoms with Gasteiger partial charge in [0.15, 0.2) is 0 Å². The fraction of sp³-hybridized carbons (Fsp3) is 0.0833. The third-order valence-corrected chi connectivity index (χ3v) is 2.15. The number of hydrogen-bond acceptors (Lipinski definition) is 2. The second-order valence-electron chi connectivity index (χ2n) is 2.92. The molecule has 1 atom stereocenters. The average molecular weight is 222 g/mol. The SMILES string of the molecule is C=C/C=C(\C=C)C(O)c1ccc(Cl)nc1. The average Bonchev–Trinajstić information content (AvgIpc) is 2.26. The molecule has 0 aliphatic heterocycles. The lowest BCUT2D eigenvalue weighted by Gasteiger charge is -2.11. The third kappa shape index (κ3) is 3.05. The van der Waals surface area contributed by atoms with Crippen LogP contribution in [0.5, 0.6) is 0 Å². The van der Waals surface area contributed by atoms with Crippen LogP contribution in [-0.4, -0.2) is 10.1 Å². The Balaban J connectivity index is 2.97. The summed E-state index contributed by atoms with van der Waals surface area (Å²) < 4.78 is 0. The Morgan fingerprint density at radius 2 is 2.20 bits per heavy atom. The van der Waals surface area contributed by atoms with Crippen molar-refractivity contribution in [1.29, 1.82) is 0 Å². The molecule has 0 amide bonds. The zero-order valence-electron chi connectivity index (χ0n) is 8.23. The first kappa shape index (κ1) is 11.7. The molecule has 1 N–H and O–H groups in total. The minimum atomic E-state index is -0.745. The van der Waals surface area contributed by atoms with E-state index >= 15 is 0 Å². The van der Waals surface area contributed by atoms with Crippen LogP contribution in [0.3, 0.4) is 0 Å². The molecule has 0 aromatic carbocycles. The van der Waals surface area contributed by atoms with E-state index in [0.29, 0.717) is 16.3 Å². The highest BCUT2D eigenvalue weighted by molar-refractivity contribution is 6.29. The summed E-state index contributed by atoms with van der Waals surface area (Å²) in [5, 5.41) is 10.3. The van der Waals surface area contributed by atoms with E-state index in [2.05, 4.69) is 18.1 Å². The van der Waals surface area contributed by atoms with E-state index in [-0.39, 0.29) is 0 Å². The third-order valence-electron chi connectivity index (χ3n) is 1.93. The normalized spacial score (nSPS) is 13.3. The van der Waals surface area contributed by atoms with E-state index in [1.54, 1.807) is 30.4 Å². The fourth-order valence-electron chi connectivity index (χ4n) is 1.15. The highest BCUT2D eigenvalue weighted by Gasteiger charge is 2.10. The molecule has 3 heteroatoms. The zero-order chi connectivity index (χ0) is 11.3. The molecular formula is C12H12ClNO. The highest BCUT2D eigenvalue weighted by atomic mass is 35.5.